The second kappa shape index (κ2) is 6.47. The van der Waals surface area contributed by atoms with Crippen LogP contribution < -0.4 is 5.32 Å². The van der Waals surface area contributed by atoms with Crippen LogP contribution in [0.25, 0.3) is 0 Å². The molecule has 17 heavy (non-hydrogen) atoms. The van der Waals surface area contributed by atoms with Crippen molar-refractivity contribution in [2.24, 2.45) is 5.92 Å². The Balaban J connectivity index is 4.42. The van der Waals surface area contributed by atoms with E-state index in [9.17, 15) is 9.59 Å². The van der Waals surface area contributed by atoms with Gasteiger partial charge in [-0.2, -0.15) is 0 Å². The summed E-state index contributed by atoms with van der Waals surface area (Å²) < 4.78 is 5.10. The maximum atomic E-state index is 11.5. The van der Waals surface area contributed by atoms with Gasteiger partial charge in [-0.1, -0.05) is 20.3 Å². The van der Waals surface area contributed by atoms with Gasteiger partial charge in [-0.05, 0) is 26.7 Å². The first-order valence-electron chi connectivity index (χ1n) is 5.87. The highest BCUT2D eigenvalue weighted by Gasteiger charge is 2.24. The van der Waals surface area contributed by atoms with Crippen LogP contribution in [0.15, 0.2) is 0 Å². The summed E-state index contributed by atoms with van der Waals surface area (Å²) in [5.74, 6) is -0.829. The fraction of sp³-hybridized carbons (Fsp3) is 0.833. The molecule has 0 aromatic rings. The van der Waals surface area contributed by atoms with E-state index in [1.54, 1.807) is 20.8 Å². The largest absolute Gasteiger partial charge is 0.481 e. The van der Waals surface area contributed by atoms with E-state index >= 15 is 0 Å². The number of carbonyl (C=O) groups is 2. The molecule has 0 aromatic heterocycles. The second-order valence-corrected chi connectivity index (χ2v) is 5.24. The zero-order chi connectivity index (χ0) is 13.6. The highest BCUT2D eigenvalue weighted by Crippen LogP contribution is 2.13. The summed E-state index contributed by atoms with van der Waals surface area (Å²) >= 11 is 0. The number of carboxylic acids is 1. The highest BCUT2D eigenvalue weighted by molar-refractivity contribution is 5.71. The van der Waals surface area contributed by atoms with Gasteiger partial charge in [0.25, 0.3) is 0 Å². The number of aliphatic carboxylic acids is 1. The monoisotopic (exact) mass is 245 g/mol. The van der Waals surface area contributed by atoms with Crippen LogP contribution in [-0.4, -0.2) is 28.8 Å². The summed E-state index contributed by atoms with van der Waals surface area (Å²) in [5.41, 5.74) is -0.576. The third-order valence-electron chi connectivity index (χ3n) is 2.43. The Labute approximate surface area is 103 Å². The molecule has 2 N–H and O–H groups in total. The minimum absolute atomic E-state index is 0.0890. The predicted molar refractivity (Wildman–Crippen MR) is 64.9 cm³/mol. The van der Waals surface area contributed by atoms with Gasteiger partial charge in [0.15, 0.2) is 0 Å². The van der Waals surface area contributed by atoms with Gasteiger partial charge in [-0.25, -0.2) is 4.79 Å². The standard InChI is InChI=1S/C12H23NO4/c1-6-8(2)9(7-10(14)15)13-11(16)17-12(3,4)5/h8-9H,6-7H2,1-5H3,(H,13,16)(H,14,15)/t8?,9-/m0/s1. The first-order chi connectivity index (χ1) is 7.65. The van der Waals surface area contributed by atoms with E-state index in [4.69, 9.17) is 9.84 Å². The van der Waals surface area contributed by atoms with Crippen LogP contribution in [0.4, 0.5) is 4.79 Å². The van der Waals surface area contributed by atoms with Gasteiger partial charge in [-0.15, -0.1) is 0 Å². The molecule has 0 rings (SSSR count). The molecule has 0 radical (unpaired) electrons. The lowest BCUT2D eigenvalue weighted by molar-refractivity contribution is -0.137. The molecular weight excluding hydrogens is 222 g/mol. The molecule has 0 aliphatic carbocycles. The number of carboxylic acid groups (broad SMARTS) is 1. The van der Waals surface area contributed by atoms with E-state index in [0.717, 1.165) is 6.42 Å². The zero-order valence-corrected chi connectivity index (χ0v) is 11.2. The average molecular weight is 245 g/mol. The minimum atomic E-state index is -0.925. The van der Waals surface area contributed by atoms with Gasteiger partial charge in [0, 0.05) is 6.04 Å². The smallest absolute Gasteiger partial charge is 0.407 e. The van der Waals surface area contributed by atoms with Crippen LogP contribution in [0.1, 0.15) is 47.5 Å². The minimum Gasteiger partial charge on any atom is -0.481 e. The molecule has 0 fully saturated rings. The van der Waals surface area contributed by atoms with Gasteiger partial charge in [0.2, 0.25) is 0 Å². The molecule has 0 aromatic carbocycles. The van der Waals surface area contributed by atoms with Gasteiger partial charge in [-0.3, -0.25) is 4.79 Å². The molecule has 0 aliphatic rings. The van der Waals surface area contributed by atoms with E-state index in [-0.39, 0.29) is 12.3 Å². The maximum Gasteiger partial charge on any atom is 0.407 e. The molecular formula is C12H23NO4. The van der Waals surface area contributed by atoms with Crippen LogP contribution in [0.3, 0.4) is 0 Å². The third kappa shape index (κ3) is 7.60. The normalized spacial score (nSPS) is 14.9. The number of nitrogens with one attached hydrogen (secondary N) is 1. The second-order valence-electron chi connectivity index (χ2n) is 5.24. The molecule has 0 spiro atoms. The fourth-order valence-electron chi connectivity index (χ4n) is 1.33. The summed E-state index contributed by atoms with van der Waals surface area (Å²) in [6.07, 6.45) is 0.145. The first kappa shape index (κ1) is 15.7. The molecule has 1 unspecified atom stereocenters. The maximum absolute atomic E-state index is 11.5. The molecule has 0 heterocycles. The molecule has 0 saturated carbocycles. The summed E-state index contributed by atoms with van der Waals surface area (Å²) in [6, 6.07) is -0.396. The number of rotatable bonds is 5. The number of ether oxygens (including phenoxy) is 1. The molecule has 0 saturated heterocycles. The van der Waals surface area contributed by atoms with Crippen LogP contribution >= 0.6 is 0 Å². The van der Waals surface area contributed by atoms with Crippen molar-refractivity contribution >= 4 is 12.1 Å². The number of carbonyl (C=O) groups excluding carboxylic acids is 1. The summed E-state index contributed by atoms with van der Waals surface area (Å²) in [4.78, 5) is 22.2. The van der Waals surface area contributed by atoms with Crippen molar-refractivity contribution in [2.75, 3.05) is 0 Å². The average Bonchev–Trinajstić information content (AvgIpc) is 2.11. The first-order valence-corrected chi connectivity index (χ1v) is 5.87. The molecule has 100 valence electrons. The van der Waals surface area contributed by atoms with E-state index < -0.39 is 23.7 Å². The SMILES string of the molecule is CCC(C)[C@H](CC(=O)O)NC(=O)OC(C)(C)C. The quantitative estimate of drug-likeness (QED) is 0.779. The Bertz CT molecular complexity index is 270. The van der Waals surface area contributed by atoms with Gasteiger partial charge >= 0.3 is 12.1 Å². The Hall–Kier alpha value is -1.26. The number of amides is 1. The van der Waals surface area contributed by atoms with E-state index in [1.165, 1.54) is 0 Å². The lowest BCUT2D eigenvalue weighted by Gasteiger charge is -2.25. The van der Waals surface area contributed by atoms with E-state index in [2.05, 4.69) is 5.32 Å². The van der Waals surface area contributed by atoms with Crippen LogP contribution in [-0.2, 0) is 9.53 Å². The fourth-order valence-corrected chi connectivity index (χ4v) is 1.33. The van der Waals surface area contributed by atoms with Gasteiger partial charge in [0.1, 0.15) is 5.60 Å². The van der Waals surface area contributed by atoms with Crippen molar-refractivity contribution in [2.45, 2.75) is 59.1 Å². The van der Waals surface area contributed by atoms with Crippen LogP contribution in [0.2, 0.25) is 0 Å². The van der Waals surface area contributed by atoms with Gasteiger partial charge < -0.3 is 15.2 Å². The van der Waals surface area contributed by atoms with Crippen molar-refractivity contribution in [1.29, 1.82) is 0 Å². The lowest BCUT2D eigenvalue weighted by atomic mass is 9.96. The molecule has 2 atom stereocenters. The summed E-state index contributed by atoms with van der Waals surface area (Å²) in [7, 11) is 0. The summed E-state index contributed by atoms with van der Waals surface area (Å²) in [5, 5.41) is 11.4. The zero-order valence-electron chi connectivity index (χ0n) is 11.2. The van der Waals surface area contributed by atoms with Crippen molar-refractivity contribution < 1.29 is 19.4 Å². The van der Waals surface area contributed by atoms with Crippen molar-refractivity contribution in [3.05, 3.63) is 0 Å². The van der Waals surface area contributed by atoms with Crippen LogP contribution in [0, 0.1) is 5.92 Å². The Kier molecular flexibility index (Phi) is 5.99. The molecule has 0 bridgehead atoms. The molecule has 5 heteroatoms. The molecule has 5 nitrogen and oxygen atoms in total. The summed E-state index contributed by atoms with van der Waals surface area (Å²) in [6.45, 7) is 9.16. The Morgan fingerprint density at radius 1 is 1.35 bits per heavy atom. The Morgan fingerprint density at radius 2 is 1.88 bits per heavy atom. The molecule has 1 amide bonds. The third-order valence-corrected chi connectivity index (χ3v) is 2.43. The Morgan fingerprint density at radius 3 is 2.24 bits per heavy atom. The van der Waals surface area contributed by atoms with E-state index in [1.807, 2.05) is 13.8 Å². The van der Waals surface area contributed by atoms with Crippen molar-refractivity contribution in [3.8, 4) is 0 Å². The predicted octanol–water partition coefficient (Wildman–Crippen LogP) is 2.40. The highest BCUT2D eigenvalue weighted by atomic mass is 16.6. The lowest BCUT2D eigenvalue weighted by Crippen LogP contribution is -2.43. The number of hydrogen-bond donors (Lipinski definition) is 2. The molecule has 0 aliphatic heterocycles. The van der Waals surface area contributed by atoms with Crippen molar-refractivity contribution in [3.63, 3.8) is 0 Å². The number of hydrogen-bond acceptors (Lipinski definition) is 3. The van der Waals surface area contributed by atoms with Gasteiger partial charge in [0.05, 0.1) is 6.42 Å². The van der Waals surface area contributed by atoms with Crippen LogP contribution in [0.5, 0.6) is 0 Å². The topological polar surface area (TPSA) is 75.6 Å². The number of alkyl carbamates (subject to hydrolysis) is 1. The van der Waals surface area contributed by atoms with Crippen molar-refractivity contribution in [1.82, 2.24) is 5.32 Å². The van der Waals surface area contributed by atoms with E-state index in [0.29, 0.717) is 0 Å².